The van der Waals surface area contributed by atoms with Crippen LogP contribution < -0.4 is 5.32 Å². The van der Waals surface area contributed by atoms with E-state index in [2.05, 4.69) is 10.3 Å². The van der Waals surface area contributed by atoms with Crippen molar-refractivity contribution in [1.82, 2.24) is 10.3 Å². The quantitative estimate of drug-likeness (QED) is 0.826. The van der Waals surface area contributed by atoms with Gasteiger partial charge in [-0.05, 0) is 19.9 Å². The Morgan fingerprint density at radius 3 is 2.65 bits per heavy atom. The highest BCUT2D eigenvalue weighted by Crippen LogP contribution is 2.20. The van der Waals surface area contributed by atoms with Crippen molar-refractivity contribution in [2.45, 2.75) is 39.5 Å². The summed E-state index contributed by atoms with van der Waals surface area (Å²) in [4.78, 5) is 5.46. The molecule has 0 amide bonds. The van der Waals surface area contributed by atoms with Crippen molar-refractivity contribution in [2.24, 2.45) is 0 Å². The zero-order chi connectivity index (χ0) is 12.9. The summed E-state index contributed by atoms with van der Waals surface area (Å²) in [5, 5.41) is 3.94. The molecule has 0 aliphatic heterocycles. The number of aromatic nitrogens is 1. The monoisotopic (exact) mass is 276 g/mol. The molecule has 1 aromatic rings. The fourth-order valence-corrected chi connectivity index (χ4v) is 4.34. The van der Waals surface area contributed by atoms with Crippen molar-refractivity contribution in [1.29, 1.82) is 0 Å². The van der Waals surface area contributed by atoms with Gasteiger partial charge in [-0.25, -0.2) is 13.4 Å². The molecule has 0 saturated heterocycles. The minimum Gasteiger partial charge on any atom is -0.312 e. The molecule has 1 N–H and O–H groups in total. The Bertz CT molecular complexity index is 452. The summed E-state index contributed by atoms with van der Waals surface area (Å²) in [6.07, 6.45) is 0.664. The molecule has 6 heteroatoms. The van der Waals surface area contributed by atoms with Crippen LogP contribution in [0.4, 0.5) is 0 Å². The Hall–Kier alpha value is -0.460. The lowest BCUT2D eigenvalue weighted by molar-refractivity contribution is 0.594. The van der Waals surface area contributed by atoms with E-state index in [1.54, 1.807) is 0 Å². The predicted octanol–water partition coefficient (Wildman–Crippen LogP) is 1.89. The number of rotatable bonds is 7. The van der Waals surface area contributed by atoms with Gasteiger partial charge in [0, 0.05) is 11.4 Å². The van der Waals surface area contributed by atoms with E-state index in [0.717, 1.165) is 23.7 Å². The van der Waals surface area contributed by atoms with E-state index in [9.17, 15) is 8.42 Å². The summed E-state index contributed by atoms with van der Waals surface area (Å²) >= 11 is 1.50. The molecule has 0 bridgehead atoms. The Kier molecular flexibility index (Phi) is 5.55. The first-order valence-electron chi connectivity index (χ1n) is 5.84. The molecule has 1 aromatic heterocycles. The SMILES string of the molecule is CCCS(=O)(=O)Cc1nc(C)c(CNCC)s1. The molecule has 1 heterocycles. The lowest BCUT2D eigenvalue weighted by atomic mass is 10.4. The third-order valence-electron chi connectivity index (χ3n) is 2.33. The van der Waals surface area contributed by atoms with Gasteiger partial charge < -0.3 is 5.32 Å². The summed E-state index contributed by atoms with van der Waals surface area (Å²) in [6, 6.07) is 0. The zero-order valence-electron chi connectivity index (χ0n) is 10.6. The van der Waals surface area contributed by atoms with Gasteiger partial charge >= 0.3 is 0 Å². The minimum atomic E-state index is -2.98. The Balaban J connectivity index is 2.73. The van der Waals surface area contributed by atoms with Crippen LogP contribution in [-0.2, 0) is 22.1 Å². The van der Waals surface area contributed by atoms with Crippen molar-refractivity contribution < 1.29 is 8.42 Å². The summed E-state index contributed by atoms with van der Waals surface area (Å²) in [7, 11) is -2.98. The second-order valence-corrected chi connectivity index (χ2v) is 7.34. The molecular weight excluding hydrogens is 256 g/mol. The van der Waals surface area contributed by atoms with Crippen molar-refractivity contribution in [3.8, 4) is 0 Å². The fraction of sp³-hybridized carbons (Fsp3) is 0.727. The minimum absolute atomic E-state index is 0.0818. The highest BCUT2D eigenvalue weighted by Gasteiger charge is 2.15. The molecule has 0 radical (unpaired) electrons. The maximum Gasteiger partial charge on any atom is 0.156 e. The van der Waals surface area contributed by atoms with E-state index in [1.807, 2.05) is 20.8 Å². The van der Waals surface area contributed by atoms with Crippen LogP contribution in [0.1, 0.15) is 35.8 Å². The average Bonchev–Trinajstić information content (AvgIpc) is 2.54. The number of sulfone groups is 1. The normalized spacial score (nSPS) is 11.9. The number of nitrogens with one attached hydrogen (secondary N) is 1. The number of thiazole rings is 1. The van der Waals surface area contributed by atoms with Crippen molar-refractivity contribution in [2.75, 3.05) is 12.3 Å². The zero-order valence-corrected chi connectivity index (χ0v) is 12.2. The Morgan fingerprint density at radius 1 is 1.35 bits per heavy atom. The van der Waals surface area contributed by atoms with E-state index >= 15 is 0 Å². The molecule has 4 nitrogen and oxygen atoms in total. The molecule has 1 rings (SSSR count). The maximum absolute atomic E-state index is 11.7. The summed E-state index contributed by atoms with van der Waals surface area (Å²) in [6.45, 7) is 7.53. The van der Waals surface area contributed by atoms with E-state index < -0.39 is 9.84 Å². The predicted molar refractivity (Wildman–Crippen MR) is 72.0 cm³/mol. The van der Waals surface area contributed by atoms with Crippen LogP contribution in [0.15, 0.2) is 0 Å². The van der Waals surface area contributed by atoms with Crippen LogP contribution in [0.5, 0.6) is 0 Å². The largest absolute Gasteiger partial charge is 0.312 e. The van der Waals surface area contributed by atoms with Gasteiger partial charge in [-0.15, -0.1) is 11.3 Å². The molecule has 0 saturated carbocycles. The molecule has 0 aromatic carbocycles. The van der Waals surface area contributed by atoms with E-state index in [1.165, 1.54) is 11.3 Å². The first-order chi connectivity index (χ1) is 7.98. The molecule has 17 heavy (non-hydrogen) atoms. The van der Waals surface area contributed by atoms with Crippen LogP contribution in [-0.4, -0.2) is 25.7 Å². The Labute approximate surface area is 107 Å². The first kappa shape index (κ1) is 14.6. The highest BCUT2D eigenvalue weighted by atomic mass is 32.2. The van der Waals surface area contributed by atoms with Crippen molar-refractivity contribution in [3.05, 3.63) is 15.6 Å². The van der Waals surface area contributed by atoms with Crippen LogP contribution >= 0.6 is 11.3 Å². The van der Waals surface area contributed by atoms with E-state index in [-0.39, 0.29) is 11.5 Å². The number of nitrogens with zero attached hydrogens (tertiary/aromatic N) is 1. The molecule has 0 aliphatic rings. The van der Waals surface area contributed by atoms with Gasteiger partial charge in [0.05, 0.1) is 11.4 Å². The molecule has 98 valence electrons. The lowest BCUT2D eigenvalue weighted by Gasteiger charge is -1.98. The molecular formula is C11H20N2O2S2. The van der Waals surface area contributed by atoms with E-state index in [4.69, 9.17) is 0 Å². The third kappa shape index (κ3) is 4.73. The van der Waals surface area contributed by atoms with Crippen LogP contribution in [0.2, 0.25) is 0 Å². The molecule has 0 aliphatic carbocycles. The van der Waals surface area contributed by atoms with E-state index in [0.29, 0.717) is 11.4 Å². The van der Waals surface area contributed by atoms with Gasteiger partial charge in [0.1, 0.15) is 10.8 Å². The molecule has 0 atom stereocenters. The standard InChI is InChI=1S/C11H20N2O2S2/c1-4-6-17(14,15)8-11-13-9(3)10(16-11)7-12-5-2/h12H,4-8H2,1-3H3. The number of hydrogen-bond acceptors (Lipinski definition) is 5. The van der Waals surface area contributed by atoms with Gasteiger partial charge in [0.15, 0.2) is 9.84 Å². The Morgan fingerprint density at radius 2 is 2.06 bits per heavy atom. The summed E-state index contributed by atoms with van der Waals surface area (Å²) in [5.41, 5.74) is 0.942. The molecule has 0 unspecified atom stereocenters. The first-order valence-corrected chi connectivity index (χ1v) is 8.48. The van der Waals surface area contributed by atoms with Crippen LogP contribution in [0.3, 0.4) is 0 Å². The summed E-state index contributed by atoms with van der Waals surface area (Å²) in [5.74, 6) is 0.326. The molecule has 0 fully saturated rings. The number of hydrogen-bond donors (Lipinski definition) is 1. The van der Waals surface area contributed by atoms with Gasteiger partial charge in [-0.3, -0.25) is 0 Å². The van der Waals surface area contributed by atoms with Crippen LogP contribution in [0.25, 0.3) is 0 Å². The second-order valence-electron chi connectivity index (χ2n) is 3.99. The molecule has 0 spiro atoms. The average molecular weight is 276 g/mol. The smallest absolute Gasteiger partial charge is 0.156 e. The van der Waals surface area contributed by atoms with Gasteiger partial charge in [0.2, 0.25) is 0 Å². The topological polar surface area (TPSA) is 59.1 Å². The van der Waals surface area contributed by atoms with Gasteiger partial charge in [-0.1, -0.05) is 13.8 Å². The van der Waals surface area contributed by atoms with Gasteiger partial charge in [0.25, 0.3) is 0 Å². The lowest BCUT2D eigenvalue weighted by Crippen LogP contribution is -2.11. The second kappa shape index (κ2) is 6.47. The number of aryl methyl sites for hydroxylation is 1. The fourth-order valence-electron chi connectivity index (χ4n) is 1.52. The highest BCUT2D eigenvalue weighted by molar-refractivity contribution is 7.90. The van der Waals surface area contributed by atoms with Gasteiger partial charge in [-0.2, -0.15) is 0 Å². The van der Waals surface area contributed by atoms with Crippen molar-refractivity contribution >= 4 is 21.2 Å². The van der Waals surface area contributed by atoms with Crippen molar-refractivity contribution in [3.63, 3.8) is 0 Å². The third-order valence-corrected chi connectivity index (χ3v) is 5.41. The summed E-state index contributed by atoms with van der Waals surface area (Å²) < 4.78 is 23.4. The van der Waals surface area contributed by atoms with Crippen LogP contribution in [0, 0.1) is 6.92 Å². The maximum atomic E-state index is 11.7.